The van der Waals surface area contributed by atoms with E-state index in [9.17, 15) is 4.79 Å². The van der Waals surface area contributed by atoms with Crippen LogP contribution in [0.1, 0.15) is 15.9 Å². The van der Waals surface area contributed by atoms with E-state index in [0.717, 1.165) is 31.9 Å². The molecule has 0 aromatic heterocycles. The second-order valence-corrected chi connectivity index (χ2v) is 3.88. The molecule has 5 heteroatoms. The summed E-state index contributed by atoms with van der Waals surface area (Å²) in [7, 11) is 0. The maximum atomic E-state index is 11.0. The van der Waals surface area contributed by atoms with Gasteiger partial charge in [-0.1, -0.05) is 0 Å². The average molecular weight is 231 g/mol. The number of aromatic carboxylic acids is 1. The van der Waals surface area contributed by atoms with E-state index in [4.69, 9.17) is 10.4 Å². The molecular formula is C12H13N3O2. The zero-order chi connectivity index (χ0) is 12.3. The van der Waals surface area contributed by atoms with Crippen LogP contribution in [0.25, 0.3) is 0 Å². The van der Waals surface area contributed by atoms with Crippen LogP contribution in [0.15, 0.2) is 18.2 Å². The number of piperazine rings is 1. The van der Waals surface area contributed by atoms with Gasteiger partial charge >= 0.3 is 5.97 Å². The van der Waals surface area contributed by atoms with Crippen LogP contribution in [0.3, 0.4) is 0 Å². The Balaban J connectivity index is 2.33. The number of carboxylic acid groups (broad SMARTS) is 1. The highest BCUT2D eigenvalue weighted by molar-refractivity contribution is 5.91. The first-order valence-corrected chi connectivity index (χ1v) is 5.45. The van der Waals surface area contributed by atoms with E-state index in [0.29, 0.717) is 0 Å². The first-order chi connectivity index (χ1) is 8.22. The number of anilines is 1. The molecule has 1 heterocycles. The number of carboxylic acids is 1. The van der Waals surface area contributed by atoms with Crippen LogP contribution in [0.4, 0.5) is 5.69 Å². The Hall–Kier alpha value is -2.06. The first-order valence-electron chi connectivity index (χ1n) is 5.45. The van der Waals surface area contributed by atoms with E-state index >= 15 is 0 Å². The maximum Gasteiger partial charge on any atom is 0.337 e. The monoisotopic (exact) mass is 231 g/mol. The van der Waals surface area contributed by atoms with Gasteiger partial charge in [-0.15, -0.1) is 0 Å². The number of benzene rings is 1. The third kappa shape index (κ3) is 2.37. The SMILES string of the molecule is N#Cc1ccc(N2CCNCC2)cc1C(=O)O. The molecule has 2 rings (SSSR count). The van der Waals surface area contributed by atoms with E-state index < -0.39 is 5.97 Å². The lowest BCUT2D eigenvalue weighted by atomic mass is 10.1. The summed E-state index contributed by atoms with van der Waals surface area (Å²) >= 11 is 0. The molecule has 0 aliphatic carbocycles. The van der Waals surface area contributed by atoms with Gasteiger partial charge in [0.05, 0.1) is 11.1 Å². The fraction of sp³-hybridized carbons (Fsp3) is 0.333. The molecule has 5 nitrogen and oxygen atoms in total. The van der Waals surface area contributed by atoms with Gasteiger partial charge in [-0.3, -0.25) is 0 Å². The van der Waals surface area contributed by atoms with Crippen molar-refractivity contribution in [1.82, 2.24) is 5.32 Å². The summed E-state index contributed by atoms with van der Waals surface area (Å²) in [6.07, 6.45) is 0. The van der Waals surface area contributed by atoms with Gasteiger partial charge in [-0.05, 0) is 18.2 Å². The van der Waals surface area contributed by atoms with Gasteiger partial charge in [0.1, 0.15) is 6.07 Å². The quantitative estimate of drug-likeness (QED) is 0.782. The van der Waals surface area contributed by atoms with Crippen molar-refractivity contribution in [2.24, 2.45) is 0 Å². The highest BCUT2D eigenvalue weighted by atomic mass is 16.4. The lowest BCUT2D eigenvalue weighted by Crippen LogP contribution is -2.43. The normalized spacial score (nSPS) is 15.4. The molecule has 0 radical (unpaired) electrons. The molecule has 1 aliphatic rings. The molecule has 0 unspecified atom stereocenters. The smallest absolute Gasteiger partial charge is 0.337 e. The Morgan fingerprint density at radius 1 is 1.41 bits per heavy atom. The third-order valence-corrected chi connectivity index (χ3v) is 2.84. The van der Waals surface area contributed by atoms with Crippen molar-refractivity contribution in [2.45, 2.75) is 0 Å². The number of nitrogens with zero attached hydrogens (tertiary/aromatic N) is 2. The summed E-state index contributed by atoms with van der Waals surface area (Å²) in [6.45, 7) is 3.49. The largest absolute Gasteiger partial charge is 0.478 e. The van der Waals surface area contributed by atoms with Crippen LogP contribution in [0, 0.1) is 11.3 Å². The van der Waals surface area contributed by atoms with Gasteiger partial charge < -0.3 is 15.3 Å². The number of nitriles is 1. The molecule has 1 aromatic carbocycles. The van der Waals surface area contributed by atoms with Crippen molar-refractivity contribution in [1.29, 1.82) is 5.26 Å². The molecule has 0 spiro atoms. The number of hydrogen-bond acceptors (Lipinski definition) is 4. The van der Waals surface area contributed by atoms with Crippen LogP contribution in [0.2, 0.25) is 0 Å². The number of rotatable bonds is 2. The molecule has 1 saturated heterocycles. The Morgan fingerprint density at radius 2 is 2.12 bits per heavy atom. The summed E-state index contributed by atoms with van der Waals surface area (Å²) in [5.74, 6) is -1.06. The maximum absolute atomic E-state index is 11.0. The Labute approximate surface area is 99.3 Å². The Bertz CT molecular complexity index is 473. The van der Waals surface area contributed by atoms with Gasteiger partial charge in [0.2, 0.25) is 0 Å². The summed E-state index contributed by atoms with van der Waals surface area (Å²) in [6, 6.07) is 6.84. The fourth-order valence-electron chi connectivity index (χ4n) is 1.93. The first kappa shape index (κ1) is 11.4. The Kier molecular flexibility index (Phi) is 3.26. The second kappa shape index (κ2) is 4.85. The highest BCUT2D eigenvalue weighted by Crippen LogP contribution is 2.19. The topological polar surface area (TPSA) is 76.4 Å². The van der Waals surface area contributed by atoms with Crippen LogP contribution in [0.5, 0.6) is 0 Å². The van der Waals surface area contributed by atoms with Crippen molar-refractivity contribution in [3.05, 3.63) is 29.3 Å². The van der Waals surface area contributed by atoms with E-state index in [1.165, 1.54) is 0 Å². The minimum Gasteiger partial charge on any atom is -0.478 e. The van der Waals surface area contributed by atoms with Crippen molar-refractivity contribution >= 4 is 11.7 Å². The molecular weight excluding hydrogens is 218 g/mol. The average Bonchev–Trinajstić information content (AvgIpc) is 2.39. The predicted molar refractivity (Wildman–Crippen MR) is 63.2 cm³/mol. The number of nitrogens with one attached hydrogen (secondary N) is 1. The van der Waals surface area contributed by atoms with Gasteiger partial charge in [0, 0.05) is 31.9 Å². The van der Waals surface area contributed by atoms with Crippen molar-refractivity contribution in [3.63, 3.8) is 0 Å². The molecule has 0 amide bonds. The molecule has 0 saturated carbocycles. The summed E-state index contributed by atoms with van der Waals surface area (Å²) in [4.78, 5) is 13.1. The van der Waals surface area contributed by atoms with Gasteiger partial charge in [-0.2, -0.15) is 5.26 Å². The van der Waals surface area contributed by atoms with E-state index in [1.807, 2.05) is 6.07 Å². The van der Waals surface area contributed by atoms with Crippen molar-refractivity contribution < 1.29 is 9.90 Å². The number of carbonyl (C=O) groups is 1. The summed E-state index contributed by atoms with van der Waals surface area (Å²) in [5.41, 5.74) is 1.14. The molecule has 1 aromatic rings. The standard InChI is InChI=1S/C12H13N3O2/c13-8-9-1-2-10(7-11(9)12(16)17)15-5-3-14-4-6-15/h1-2,7,14H,3-6H2,(H,16,17). The highest BCUT2D eigenvalue weighted by Gasteiger charge is 2.15. The van der Waals surface area contributed by atoms with Crippen molar-refractivity contribution in [3.8, 4) is 6.07 Å². The summed E-state index contributed by atoms with van der Waals surface area (Å²) < 4.78 is 0. The zero-order valence-electron chi connectivity index (χ0n) is 9.31. The van der Waals surface area contributed by atoms with Gasteiger partial charge in [0.25, 0.3) is 0 Å². The lowest BCUT2D eigenvalue weighted by molar-refractivity contribution is 0.0696. The lowest BCUT2D eigenvalue weighted by Gasteiger charge is -2.29. The van der Waals surface area contributed by atoms with Gasteiger partial charge in [-0.25, -0.2) is 4.79 Å². The number of hydrogen-bond donors (Lipinski definition) is 2. The zero-order valence-corrected chi connectivity index (χ0v) is 9.31. The van der Waals surface area contributed by atoms with Crippen molar-refractivity contribution in [2.75, 3.05) is 31.1 Å². The van der Waals surface area contributed by atoms with Crippen LogP contribution < -0.4 is 10.2 Å². The molecule has 2 N–H and O–H groups in total. The van der Waals surface area contributed by atoms with E-state index in [1.54, 1.807) is 18.2 Å². The predicted octanol–water partition coefficient (Wildman–Crippen LogP) is 0.666. The fourth-order valence-corrected chi connectivity index (χ4v) is 1.93. The van der Waals surface area contributed by atoms with E-state index in [-0.39, 0.29) is 11.1 Å². The third-order valence-electron chi connectivity index (χ3n) is 2.84. The van der Waals surface area contributed by atoms with Crippen LogP contribution in [-0.4, -0.2) is 37.3 Å². The van der Waals surface area contributed by atoms with Crippen LogP contribution >= 0.6 is 0 Å². The van der Waals surface area contributed by atoms with E-state index in [2.05, 4.69) is 10.2 Å². The minimum atomic E-state index is -1.06. The summed E-state index contributed by atoms with van der Waals surface area (Å²) in [5, 5.41) is 21.1. The van der Waals surface area contributed by atoms with Crippen LogP contribution in [-0.2, 0) is 0 Å². The molecule has 0 atom stereocenters. The molecule has 0 bridgehead atoms. The molecule has 1 aliphatic heterocycles. The minimum absolute atomic E-state index is 0.0727. The Morgan fingerprint density at radius 3 is 2.71 bits per heavy atom. The second-order valence-electron chi connectivity index (χ2n) is 3.88. The molecule has 17 heavy (non-hydrogen) atoms. The molecule has 1 fully saturated rings. The molecule has 88 valence electrons. The van der Waals surface area contributed by atoms with Gasteiger partial charge in [0.15, 0.2) is 0 Å².